The van der Waals surface area contributed by atoms with Crippen LogP contribution in [0.3, 0.4) is 0 Å². The number of hydrogen-bond donors (Lipinski definition) is 2. The monoisotopic (exact) mass is 318 g/mol. The number of phenolic OH excluding ortho intramolecular Hbond substituents is 1. The minimum Gasteiger partial charge on any atom is -0.502 e. The Labute approximate surface area is 122 Å². The Morgan fingerprint density at radius 1 is 1.33 bits per heavy atom. The number of nitrogens with zero attached hydrogens (tertiary/aromatic N) is 2. The summed E-state index contributed by atoms with van der Waals surface area (Å²) in [6.07, 6.45) is 1.38. The van der Waals surface area contributed by atoms with E-state index in [1.165, 1.54) is 0 Å². The fourth-order valence-electron chi connectivity index (χ4n) is 1.76. The molecule has 0 fully saturated rings. The van der Waals surface area contributed by atoms with Gasteiger partial charge in [0.05, 0.1) is 16.4 Å². The summed E-state index contributed by atoms with van der Waals surface area (Å²) in [7, 11) is -3.95. The smallest absolute Gasteiger partial charge is 0.312 e. The largest absolute Gasteiger partial charge is 0.502 e. The molecule has 0 bridgehead atoms. The maximum Gasteiger partial charge on any atom is 0.312 e. The van der Waals surface area contributed by atoms with Gasteiger partial charge in [-0.3, -0.25) is 10.1 Å². The van der Waals surface area contributed by atoms with Gasteiger partial charge < -0.3 is 10.2 Å². The SMILES string of the molecule is CCCCN(CCO)S(=O)(=O)c1ccc(O)c([N+](=O)[O-])c1. The van der Waals surface area contributed by atoms with Gasteiger partial charge in [0.1, 0.15) is 0 Å². The van der Waals surface area contributed by atoms with Crippen molar-refractivity contribution in [1.82, 2.24) is 4.31 Å². The molecule has 1 aromatic carbocycles. The van der Waals surface area contributed by atoms with E-state index in [1.807, 2.05) is 6.92 Å². The Morgan fingerprint density at radius 2 is 2.00 bits per heavy atom. The van der Waals surface area contributed by atoms with Gasteiger partial charge in [-0.1, -0.05) is 13.3 Å². The fraction of sp³-hybridized carbons (Fsp3) is 0.500. The Morgan fingerprint density at radius 3 is 2.52 bits per heavy atom. The highest BCUT2D eigenvalue weighted by molar-refractivity contribution is 7.89. The number of phenols is 1. The molecule has 0 aliphatic carbocycles. The quantitative estimate of drug-likeness (QED) is 0.546. The van der Waals surface area contributed by atoms with E-state index in [-0.39, 0.29) is 24.6 Å². The van der Waals surface area contributed by atoms with E-state index in [1.54, 1.807) is 0 Å². The number of rotatable bonds is 8. The van der Waals surface area contributed by atoms with Gasteiger partial charge in [-0.05, 0) is 18.6 Å². The number of aliphatic hydroxyl groups is 1. The number of aliphatic hydroxyl groups excluding tert-OH is 1. The third kappa shape index (κ3) is 4.13. The molecule has 0 amide bonds. The standard InChI is InChI=1S/C12H18N2O6S/c1-2-3-6-13(7-8-15)21(19,20)10-4-5-12(16)11(9-10)14(17)18/h4-5,9,15-16H,2-3,6-8H2,1H3. The maximum atomic E-state index is 12.4. The second-order valence-corrected chi connectivity index (χ2v) is 6.33. The van der Waals surface area contributed by atoms with E-state index in [2.05, 4.69) is 0 Å². The van der Waals surface area contributed by atoms with Crippen molar-refractivity contribution < 1.29 is 23.6 Å². The van der Waals surface area contributed by atoms with Crippen LogP contribution < -0.4 is 0 Å². The molecule has 0 spiro atoms. The number of nitro benzene ring substituents is 1. The molecule has 2 N–H and O–H groups in total. The Hall–Kier alpha value is -1.71. The summed E-state index contributed by atoms with van der Waals surface area (Å²) in [6.45, 7) is 1.68. The molecule has 21 heavy (non-hydrogen) atoms. The first-order valence-corrected chi connectivity index (χ1v) is 7.87. The molecule has 9 heteroatoms. The molecule has 0 aliphatic rings. The predicted octanol–water partition coefficient (Wildman–Crippen LogP) is 1.08. The van der Waals surface area contributed by atoms with Crippen LogP contribution in [-0.4, -0.2) is 47.6 Å². The van der Waals surface area contributed by atoms with Gasteiger partial charge in [-0.2, -0.15) is 4.31 Å². The van der Waals surface area contributed by atoms with Crippen LogP contribution in [0.2, 0.25) is 0 Å². The normalized spacial score (nSPS) is 11.8. The molecule has 0 saturated carbocycles. The van der Waals surface area contributed by atoms with E-state index in [9.17, 15) is 23.6 Å². The van der Waals surface area contributed by atoms with Gasteiger partial charge in [0.2, 0.25) is 10.0 Å². The van der Waals surface area contributed by atoms with Gasteiger partial charge in [0.25, 0.3) is 0 Å². The highest BCUT2D eigenvalue weighted by Gasteiger charge is 2.26. The Balaban J connectivity index is 3.21. The van der Waals surface area contributed by atoms with E-state index < -0.39 is 26.4 Å². The summed E-state index contributed by atoms with van der Waals surface area (Å²) >= 11 is 0. The van der Waals surface area contributed by atoms with Crippen molar-refractivity contribution in [2.24, 2.45) is 0 Å². The maximum absolute atomic E-state index is 12.4. The third-order valence-electron chi connectivity index (χ3n) is 2.89. The zero-order valence-corrected chi connectivity index (χ0v) is 12.4. The molecule has 0 radical (unpaired) electrons. The van der Waals surface area contributed by atoms with Gasteiger partial charge in [0, 0.05) is 19.2 Å². The molecule has 1 aromatic rings. The summed E-state index contributed by atoms with van der Waals surface area (Å²) in [5.74, 6) is -0.596. The van der Waals surface area contributed by atoms with Crippen molar-refractivity contribution in [3.05, 3.63) is 28.3 Å². The van der Waals surface area contributed by atoms with Crippen molar-refractivity contribution in [3.8, 4) is 5.75 Å². The van der Waals surface area contributed by atoms with Crippen LogP contribution in [0.25, 0.3) is 0 Å². The molecule has 8 nitrogen and oxygen atoms in total. The first-order valence-electron chi connectivity index (χ1n) is 6.43. The van der Waals surface area contributed by atoms with Crippen LogP contribution in [0, 0.1) is 10.1 Å². The van der Waals surface area contributed by atoms with Crippen LogP contribution in [0.5, 0.6) is 5.75 Å². The first kappa shape index (κ1) is 17.3. The van der Waals surface area contributed by atoms with E-state index in [0.29, 0.717) is 6.42 Å². The molecule has 1 rings (SSSR count). The van der Waals surface area contributed by atoms with Crippen molar-refractivity contribution in [3.63, 3.8) is 0 Å². The number of unbranched alkanes of at least 4 members (excludes halogenated alkanes) is 1. The lowest BCUT2D eigenvalue weighted by Gasteiger charge is -2.21. The average molecular weight is 318 g/mol. The second kappa shape index (κ2) is 7.34. The van der Waals surface area contributed by atoms with Crippen molar-refractivity contribution in [2.75, 3.05) is 19.7 Å². The number of aromatic hydroxyl groups is 1. The minimum atomic E-state index is -3.95. The second-order valence-electron chi connectivity index (χ2n) is 4.39. The van der Waals surface area contributed by atoms with Crippen LogP contribution in [0.4, 0.5) is 5.69 Å². The number of sulfonamides is 1. The summed E-state index contributed by atoms with van der Waals surface area (Å²) in [4.78, 5) is 9.63. The Kier molecular flexibility index (Phi) is 6.06. The predicted molar refractivity (Wildman–Crippen MR) is 75.5 cm³/mol. The summed E-state index contributed by atoms with van der Waals surface area (Å²) in [5.41, 5.74) is -0.671. The van der Waals surface area contributed by atoms with Crippen molar-refractivity contribution in [2.45, 2.75) is 24.7 Å². The van der Waals surface area contributed by atoms with Crippen LogP contribution >= 0.6 is 0 Å². The minimum absolute atomic E-state index is 0.0863. The highest BCUT2D eigenvalue weighted by Crippen LogP contribution is 2.29. The van der Waals surface area contributed by atoms with E-state index >= 15 is 0 Å². The van der Waals surface area contributed by atoms with E-state index in [0.717, 1.165) is 28.9 Å². The molecular weight excluding hydrogens is 300 g/mol. The lowest BCUT2D eigenvalue weighted by Crippen LogP contribution is -2.34. The number of benzene rings is 1. The Bertz CT molecular complexity index is 602. The lowest BCUT2D eigenvalue weighted by molar-refractivity contribution is -0.386. The molecule has 0 aromatic heterocycles. The van der Waals surface area contributed by atoms with Gasteiger partial charge >= 0.3 is 5.69 Å². The zero-order chi connectivity index (χ0) is 16.0. The summed E-state index contributed by atoms with van der Waals surface area (Å²) in [5, 5.41) is 29.1. The molecule has 0 unspecified atom stereocenters. The topological polar surface area (TPSA) is 121 Å². The van der Waals surface area contributed by atoms with Crippen molar-refractivity contribution in [1.29, 1.82) is 0 Å². The summed E-state index contributed by atoms with van der Waals surface area (Å²) in [6, 6.07) is 2.90. The van der Waals surface area contributed by atoms with Gasteiger partial charge in [-0.15, -0.1) is 0 Å². The van der Waals surface area contributed by atoms with Crippen LogP contribution in [0.15, 0.2) is 23.1 Å². The highest BCUT2D eigenvalue weighted by atomic mass is 32.2. The first-order chi connectivity index (χ1) is 9.84. The number of nitro groups is 1. The molecule has 118 valence electrons. The lowest BCUT2D eigenvalue weighted by atomic mass is 10.3. The molecule has 0 aliphatic heterocycles. The third-order valence-corrected chi connectivity index (χ3v) is 4.79. The van der Waals surface area contributed by atoms with Gasteiger partial charge in [0.15, 0.2) is 5.75 Å². The summed E-state index contributed by atoms with van der Waals surface area (Å²) < 4.78 is 25.9. The molecule has 0 atom stereocenters. The fourth-order valence-corrected chi connectivity index (χ4v) is 3.25. The average Bonchev–Trinajstić information content (AvgIpc) is 2.43. The van der Waals surface area contributed by atoms with Crippen LogP contribution in [0.1, 0.15) is 19.8 Å². The van der Waals surface area contributed by atoms with Crippen LogP contribution in [-0.2, 0) is 10.0 Å². The zero-order valence-electron chi connectivity index (χ0n) is 11.6. The van der Waals surface area contributed by atoms with Gasteiger partial charge in [-0.25, -0.2) is 8.42 Å². The van der Waals surface area contributed by atoms with Crippen molar-refractivity contribution >= 4 is 15.7 Å². The molecule has 0 heterocycles. The molecule has 0 saturated heterocycles. The molecular formula is C12H18N2O6S. The number of hydrogen-bond acceptors (Lipinski definition) is 6. The van der Waals surface area contributed by atoms with E-state index in [4.69, 9.17) is 5.11 Å².